The Hall–Kier alpha value is -1.33. The average Bonchev–Trinajstić information content (AvgIpc) is 2.85. The van der Waals surface area contributed by atoms with Gasteiger partial charge in [-0.15, -0.1) is 0 Å². The van der Waals surface area contributed by atoms with Crippen LogP contribution in [0.25, 0.3) is 0 Å². The van der Waals surface area contributed by atoms with Crippen LogP contribution in [0.2, 0.25) is 5.02 Å². The molecule has 0 N–H and O–H groups in total. The lowest BCUT2D eigenvalue weighted by Crippen LogP contribution is -2.39. The maximum atomic E-state index is 12.7. The molecule has 1 aromatic heterocycles. The quantitative estimate of drug-likeness (QED) is 0.778. The van der Waals surface area contributed by atoms with E-state index in [-0.39, 0.29) is 12.1 Å². The third-order valence-electron chi connectivity index (χ3n) is 4.27. The number of carbonyl (C=O) groups is 1. The zero-order valence-corrected chi connectivity index (χ0v) is 14.6. The van der Waals surface area contributed by atoms with Crippen molar-refractivity contribution in [2.45, 2.75) is 51.8 Å². The average molecular weight is 339 g/mol. The van der Waals surface area contributed by atoms with E-state index in [0.29, 0.717) is 17.5 Å². The van der Waals surface area contributed by atoms with Crippen molar-refractivity contribution in [3.05, 3.63) is 28.5 Å². The molecule has 3 rings (SSSR count). The number of aromatic nitrogens is 1. The zero-order valence-electron chi connectivity index (χ0n) is 13.8. The van der Waals surface area contributed by atoms with Gasteiger partial charge >= 0.3 is 6.09 Å². The Bertz CT molecular complexity index is 594. The maximum Gasteiger partial charge on any atom is 0.411 e. The molecule has 1 saturated heterocycles. The molecule has 0 unspecified atom stereocenters. The van der Waals surface area contributed by atoms with E-state index in [2.05, 4.69) is 4.98 Å². The van der Waals surface area contributed by atoms with Crippen molar-refractivity contribution >= 4 is 17.7 Å². The largest absolute Gasteiger partial charge is 0.444 e. The molecular weight excluding hydrogens is 316 g/mol. The molecule has 0 bridgehead atoms. The smallest absolute Gasteiger partial charge is 0.411 e. The predicted octanol–water partition coefficient (Wildman–Crippen LogP) is 3.95. The molecule has 2 aliphatic heterocycles. The normalized spacial score (nSPS) is 22.1. The van der Waals surface area contributed by atoms with Gasteiger partial charge in [0.1, 0.15) is 5.60 Å². The summed E-state index contributed by atoms with van der Waals surface area (Å²) < 4.78 is 11.1. The number of nitrogens with zero attached hydrogens (tertiary/aromatic N) is 2. The zero-order chi connectivity index (χ0) is 16.6. The number of rotatable bonds is 1. The van der Waals surface area contributed by atoms with Crippen LogP contribution in [0.4, 0.5) is 4.79 Å². The summed E-state index contributed by atoms with van der Waals surface area (Å²) in [5.74, 6) is 0.339. The molecule has 1 atom stereocenters. The molecular formula is C17H23ClN2O3. The molecule has 1 fully saturated rings. The third-order valence-corrected chi connectivity index (χ3v) is 4.47. The second-order valence-electron chi connectivity index (χ2n) is 7.20. The highest BCUT2D eigenvalue weighted by atomic mass is 35.5. The Morgan fingerprint density at radius 3 is 2.74 bits per heavy atom. The molecule has 1 amide bonds. The first kappa shape index (κ1) is 16.5. The van der Waals surface area contributed by atoms with Crippen LogP contribution in [0, 0.1) is 5.92 Å². The number of hydrogen-bond acceptors (Lipinski definition) is 4. The number of ether oxygens (including phenoxy) is 2. The lowest BCUT2D eigenvalue weighted by Gasteiger charge is -2.34. The van der Waals surface area contributed by atoms with Crippen molar-refractivity contribution in [2.24, 2.45) is 5.92 Å². The summed E-state index contributed by atoms with van der Waals surface area (Å²) in [6.07, 6.45) is 3.22. The van der Waals surface area contributed by atoms with Crippen LogP contribution in [0.5, 0.6) is 0 Å². The van der Waals surface area contributed by atoms with Crippen LogP contribution in [0.3, 0.4) is 0 Å². The SMILES string of the molecule is CC(C)(C)OC(=O)N1Cc2cc(Cl)cnc2[C@@H]1C1CCOCC1. The molecule has 0 saturated carbocycles. The molecule has 3 heterocycles. The Kier molecular flexibility index (Phi) is 4.52. The standard InChI is InChI=1S/C17H23ClN2O3/c1-17(2,3)23-16(21)20-10-12-8-13(18)9-19-14(12)15(20)11-4-6-22-7-5-11/h8-9,11,15H,4-7,10H2,1-3H3/t15-/m0/s1. The van der Waals surface area contributed by atoms with Gasteiger partial charge in [0.05, 0.1) is 23.3 Å². The van der Waals surface area contributed by atoms with E-state index in [1.165, 1.54) is 0 Å². The first-order valence-electron chi connectivity index (χ1n) is 8.07. The van der Waals surface area contributed by atoms with E-state index in [1.54, 1.807) is 11.1 Å². The van der Waals surface area contributed by atoms with E-state index in [0.717, 1.165) is 37.3 Å². The van der Waals surface area contributed by atoms with Gasteiger partial charge < -0.3 is 9.47 Å². The van der Waals surface area contributed by atoms with Crippen LogP contribution in [0.15, 0.2) is 12.3 Å². The first-order valence-corrected chi connectivity index (χ1v) is 8.44. The monoisotopic (exact) mass is 338 g/mol. The summed E-state index contributed by atoms with van der Waals surface area (Å²) in [4.78, 5) is 19.0. The van der Waals surface area contributed by atoms with Crippen LogP contribution in [-0.4, -0.2) is 34.8 Å². The van der Waals surface area contributed by atoms with E-state index in [9.17, 15) is 4.79 Å². The van der Waals surface area contributed by atoms with Crippen LogP contribution >= 0.6 is 11.6 Å². The lowest BCUT2D eigenvalue weighted by molar-refractivity contribution is -0.00543. The van der Waals surface area contributed by atoms with E-state index in [1.807, 2.05) is 26.8 Å². The van der Waals surface area contributed by atoms with Gasteiger partial charge in [0, 0.05) is 19.4 Å². The van der Waals surface area contributed by atoms with Crippen LogP contribution < -0.4 is 0 Å². The number of amides is 1. The Balaban J connectivity index is 1.90. The van der Waals surface area contributed by atoms with Crippen molar-refractivity contribution in [3.63, 3.8) is 0 Å². The summed E-state index contributed by atoms with van der Waals surface area (Å²) >= 11 is 6.07. The maximum absolute atomic E-state index is 12.7. The number of carbonyl (C=O) groups excluding carboxylic acids is 1. The Labute approximate surface area is 141 Å². The minimum Gasteiger partial charge on any atom is -0.444 e. The fourth-order valence-corrected chi connectivity index (χ4v) is 3.50. The lowest BCUT2D eigenvalue weighted by atomic mass is 9.89. The van der Waals surface area contributed by atoms with Crippen molar-refractivity contribution in [1.82, 2.24) is 9.88 Å². The number of fused-ring (bicyclic) bond motifs is 1. The molecule has 23 heavy (non-hydrogen) atoms. The van der Waals surface area contributed by atoms with Crippen molar-refractivity contribution in [1.29, 1.82) is 0 Å². The third kappa shape index (κ3) is 3.61. The van der Waals surface area contributed by atoms with Gasteiger partial charge in [-0.25, -0.2) is 4.79 Å². The molecule has 0 aliphatic carbocycles. The van der Waals surface area contributed by atoms with E-state index < -0.39 is 5.60 Å². The van der Waals surface area contributed by atoms with E-state index >= 15 is 0 Å². The van der Waals surface area contributed by atoms with Gasteiger partial charge in [0.15, 0.2) is 0 Å². The molecule has 1 aromatic rings. The second-order valence-corrected chi connectivity index (χ2v) is 7.64. The molecule has 0 spiro atoms. The Morgan fingerprint density at radius 2 is 2.09 bits per heavy atom. The van der Waals surface area contributed by atoms with Gasteiger partial charge in [0.2, 0.25) is 0 Å². The summed E-state index contributed by atoms with van der Waals surface area (Å²) in [5.41, 5.74) is 1.45. The summed E-state index contributed by atoms with van der Waals surface area (Å²) in [7, 11) is 0. The van der Waals surface area contributed by atoms with Crippen molar-refractivity contribution in [3.8, 4) is 0 Å². The number of halogens is 1. The highest BCUT2D eigenvalue weighted by Crippen LogP contribution is 2.42. The highest BCUT2D eigenvalue weighted by Gasteiger charge is 2.42. The van der Waals surface area contributed by atoms with Gasteiger partial charge in [-0.3, -0.25) is 9.88 Å². The highest BCUT2D eigenvalue weighted by molar-refractivity contribution is 6.30. The first-order chi connectivity index (χ1) is 10.8. The summed E-state index contributed by atoms with van der Waals surface area (Å²) in [6, 6.07) is 1.85. The summed E-state index contributed by atoms with van der Waals surface area (Å²) in [5, 5.41) is 0.598. The van der Waals surface area contributed by atoms with Gasteiger partial charge in [-0.2, -0.15) is 0 Å². The molecule has 6 heteroatoms. The second kappa shape index (κ2) is 6.29. The van der Waals surface area contributed by atoms with E-state index in [4.69, 9.17) is 21.1 Å². The van der Waals surface area contributed by atoms with Crippen LogP contribution in [0.1, 0.15) is 50.9 Å². The summed E-state index contributed by atoms with van der Waals surface area (Å²) in [6.45, 7) is 7.60. The fraction of sp³-hybridized carbons (Fsp3) is 0.647. The predicted molar refractivity (Wildman–Crippen MR) is 87.3 cm³/mol. The van der Waals surface area contributed by atoms with Crippen LogP contribution in [-0.2, 0) is 16.0 Å². The number of pyridine rings is 1. The van der Waals surface area contributed by atoms with Crippen molar-refractivity contribution < 1.29 is 14.3 Å². The van der Waals surface area contributed by atoms with Gasteiger partial charge in [-0.05, 0) is 51.2 Å². The molecule has 0 aromatic carbocycles. The minimum atomic E-state index is -0.517. The fourth-order valence-electron chi connectivity index (χ4n) is 3.32. The Morgan fingerprint density at radius 1 is 1.39 bits per heavy atom. The van der Waals surface area contributed by atoms with Gasteiger partial charge in [0.25, 0.3) is 0 Å². The van der Waals surface area contributed by atoms with Crippen molar-refractivity contribution in [2.75, 3.05) is 13.2 Å². The molecule has 2 aliphatic rings. The minimum absolute atomic E-state index is 0.0546. The molecule has 0 radical (unpaired) electrons. The number of hydrogen-bond donors (Lipinski definition) is 0. The molecule has 126 valence electrons. The molecule has 5 nitrogen and oxygen atoms in total. The van der Waals surface area contributed by atoms with Gasteiger partial charge in [-0.1, -0.05) is 11.6 Å². The topological polar surface area (TPSA) is 51.7 Å².